The normalized spacial score (nSPS) is 15.7. The SMILES string of the molecule is O=S(=O)(c1ccc(F)c(F)c1F)N1CCN(Cn2ncn(CCc3ccccn3)c2=S)CC1. The summed E-state index contributed by atoms with van der Waals surface area (Å²) >= 11 is 5.49. The zero-order valence-electron chi connectivity index (χ0n) is 17.4. The van der Waals surface area contributed by atoms with Crippen molar-refractivity contribution in [2.24, 2.45) is 0 Å². The molecule has 4 rings (SSSR count). The van der Waals surface area contributed by atoms with Gasteiger partial charge in [0.05, 0.1) is 6.67 Å². The molecule has 3 aromatic rings. The van der Waals surface area contributed by atoms with Crippen LogP contribution in [0.25, 0.3) is 0 Å². The third kappa shape index (κ3) is 5.00. The van der Waals surface area contributed by atoms with Crippen LogP contribution in [0, 0.1) is 22.2 Å². The Morgan fingerprint density at radius 2 is 1.76 bits per heavy atom. The Morgan fingerprint density at radius 3 is 2.45 bits per heavy atom. The average Bonchev–Trinajstić information content (AvgIpc) is 3.16. The predicted molar refractivity (Wildman–Crippen MR) is 116 cm³/mol. The van der Waals surface area contributed by atoms with E-state index in [0.29, 0.717) is 43.6 Å². The van der Waals surface area contributed by atoms with Gasteiger partial charge in [0, 0.05) is 51.0 Å². The first-order valence-electron chi connectivity index (χ1n) is 10.2. The van der Waals surface area contributed by atoms with E-state index in [0.717, 1.165) is 16.1 Å². The van der Waals surface area contributed by atoms with Gasteiger partial charge in [-0.1, -0.05) is 6.07 Å². The van der Waals surface area contributed by atoms with Crippen LogP contribution in [0.3, 0.4) is 0 Å². The third-order valence-electron chi connectivity index (χ3n) is 5.41. The van der Waals surface area contributed by atoms with E-state index in [4.69, 9.17) is 12.2 Å². The molecule has 0 aliphatic carbocycles. The van der Waals surface area contributed by atoms with Crippen molar-refractivity contribution < 1.29 is 21.6 Å². The summed E-state index contributed by atoms with van der Waals surface area (Å²) in [7, 11) is -4.29. The average molecular weight is 499 g/mol. The summed E-state index contributed by atoms with van der Waals surface area (Å²) in [5.41, 5.74) is 0.946. The van der Waals surface area contributed by atoms with Gasteiger partial charge in [-0.2, -0.15) is 9.40 Å². The molecular formula is C20H21F3N6O2S2. The Labute approximate surface area is 193 Å². The minimum atomic E-state index is -4.29. The standard InChI is InChI=1S/C20H21F3N6O2S2/c21-16-4-5-17(19(23)18(16)22)33(30,31)28-11-9-26(10-12-28)14-29-20(32)27(13-25-29)8-6-15-3-1-2-7-24-15/h1-5,7,13H,6,8-12,14H2. The maximum absolute atomic E-state index is 14.0. The van der Waals surface area contributed by atoms with Crippen LogP contribution in [-0.4, -0.2) is 63.1 Å². The number of rotatable bonds is 7. The summed E-state index contributed by atoms with van der Waals surface area (Å²) in [6.07, 6.45) is 4.09. The number of halogens is 3. The van der Waals surface area contributed by atoms with Crippen LogP contribution in [0.2, 0.25) is 0 Å². The number of piperazine rings is 1. The monoisotopic (exact) mass is 498 g/mol. The van der Waals surface area contributed by atoms with Crippen molar-refractivity contribution in [3.63, 3.8) is 0 Å². The molecule has 8 nitrogen and oxygen atoms in total. The van der Waals surface area contributed by atoms with E-state index in [1.54, 1.807) is 17.2 Å². The summed E-state index contributed by atoms with van der Waals surface area (Å²) in [6.45, 7) is 1.80. The van der Waals surface area contributed by atoms with Crippen LogP contribution in [0.5, 0.6) is 0 Å². The van der Waals surface area contributed by atoms with Crippen molar-refractivity contribution in [1.82, 2.24) is 28.5 Å². The quantitative estimate of drug-likeness (QED) is 0.368. The molecule has 0 radical (unpaired) electrons. The maximum atomic E-state index is 14.0. The fourth-order valence-electron chi connectivity index (χ4n) is 3.55. The highest BCUT2D eigenvalue weighted by molar-refractivity contribution is 7.89. The van der Waals surface area contributed by atoms with Crippen LogP contribution < -0.4 is 0 Å². The van der Waals surface area contributed by atoms with E-state index in [1.165, 1.54) is 0 Å². The van der Waals surface area contributed by atoms with Crippen molar-refractivity contribution in [3.05, 3.63) is 70.8 Å². The summed E-state index contributed by atoms with van der Waals surface area (Å²) in [5.74, 6) is -4.95. The second kappa shape index (κ2) is 9.71. The molecule has 0 unspecified atom stereocenters. The molecule has 0 N–H and O–H groups in total. The number of hydrogen-bond donors (Lipinski definition) is 0. The highest BCUT2D eigenvalue weighted by Crippen LogP contribution is 2.24. The Balaban J connectivity index is 1.37. The van der Waals surface area contributed by atoms with Gasteiger partial charge in [0.2, 0.25) is 10.0 Å². The van der Waals surface area contributed by atoms with E-state index in [1.807, 2.05) is 27.7 Å². The van der Waals surface area contributed by atoms with Gasteiger partial charge in [0.25, 0.3) is 0 Å². The molecule has 0 bridgehead atoms. The molecule has 0 saturated carbocycles. The third-order valence-corrected chi connectivity index (χ3v) is 7.78. The Kier molecular flexibility index (Phi) is 6.93. The van der Waals surface area contributed by atoms with Crippen molar-refractivity contribution in [2.45, 2.75) is 24.5 Å². The van der Waals surface area contributed by atoms with Crippen LogP contribution in [0.4, 0.5) is 13.2 Å². The lowest BCUT2D eigenvalue weighted by molar-refractivity contribution is 0.144. The number of aromatic nitrogens is 4. The zero-order chi connectivity index (χ0) is 23.6. The minimum Gasteiger partial charge on any atom is -0.306 e. The summed E-state index contributed by atoms with van der Waals surface area (Å²) in [6, 6.07) is 7.06. The molecule has 1 fully saturated rings. The molecule has 0 amide bonds. The molecule has 1 saturated heterocycles. The maximum Gasteiger partial charge on any atom is 0.246 e. The molecule has 0 atom stereocenters. The minimum absolute atomic E-state index is 0.0640. The summed E-state index contributed by atoms with van der Waals surface area (Å²) in [4.78, 5) is 5.37. The van der Waals surface area contributed by atoms with Crippen molar-refractivity contribution in [3.8, 4) is 0 Å². The van der Waals surface area contributed by atoms with E-state index < -0.39 is 32.4 Å². The lowest BCUT2D eigenvalue weighted by Crippen LogP contribution is -2.49. The largest absolute Gasteiger partial charge is 0.306 e. The van der Waals surface area contributed by atoms with E-state index in [-0.39, 0.29) is 13.1 Å². The second-order valence-electron chi connectivity index (χ2n) is 7.51. The predicted octanol–water partition coefficient (Wildman–Crippen LogP) is 2.43. The van der Waals surface area contributed by atoms with Crippen molar-refractivity contribution in [1.29, 1.82) is 0 Å². The smallest absolute Gasteiger partial charge is 0.246 e. The Hall–Kier alpha value is -2.61. The molecular weight excluding hydrogens is 477 g/mol. The van der Waals surface area contributed by atoms with Crippen LogP contribution in [-0.2, 0) is 29.7 Å². The summed E-state index contributed by atoms with van der Waals surface area (Å²) < 4.78 is 71.2. The topological polar surface area (TPSA) is 76.3 Å². The fraction of sp³-hybridized carbons (Fsp3) is 0.350. The summed E-state index contributed by atoms with van der Waals surface area (Å²) in [5, 5.41) is 4.32. The highest BCUT2D eigenvalue weighted by atomic mass is 32.2. The highest BCUT2D eigenvalue weighted by Gasteiger charge is 2.32. The van der Waals surface area contributed by atoms with Gasteiger partial charge in [0.15, 0.2) is 22.2 Å². The Bertz CT molecular complexity index is 1290. The first kappa shape index (κ1) is 23.5. The molecule has 3 heterocycles. The van der Waals surface area contributed by atoms with Gasteiger partial charge in [-0.3, -0.25) is 9.88 Å². The van der Waals surface area contributed by atoms with E-state index in [9.17, 15) is 21.6 Å². The van der Waals surface area contributed by atoms with Crippen LogP contribution >= 0.6 is 12.2 Å². The van der Waals surface area contributed by atoms with Gasteiger partial charge in [-0.25, -0.2) is 26.3 Å². The molecule has 1 aromatic carbocycles. The number of nitrogens with zero attached hydrogens (tertiary/aromatic N) is 6. The molecule has 1 aliphatic heterocycles. The second-order valence-corrected chi connectivity index (χ2v) is 9.79. The van der Waals surface area contributed by atoms with Crippen LogP contribution in [0.1, 0.15) is 5.69 Å². The van der Waals surface area contributed by atoms with Gasteiger partial charge in [-0.15, -0.1) is 0 Å². The van der Waals surface area contributed by atoms with Gasteiger partial charge in [0.1, 0.15) is 11.2 Å². The Morgan fingerprint density at radius 1 is 1.00 bits per heavy atom. The zero-order valence-corrected chi connectivity index (χ0v) is 19.1. The van der Waals surface area contributed by atoms with Gasteiger partial charge < -0.3 is 4.57 Å². The molecule has 176 valence electrons. The van der Waals surface area contributed by atoms with E-state index in [2.05, 4.69) is 10.1 Å². The number of sulfonamides is 1. The number of hydrogen-bond acceptors (Lipinski definition) is 6. The fourth-order valence-corrected chi connectivity index (χ4v) is 5.27. The molecule has 1 aliphatic rings. The molecule has 0 spiro atoms. The van der Waals surface area contributed by atoms with Gasteiger partial charge >= 0.3 is 0 Å². The first-order valence-corrected chi connectivity index (χ1v) is 12.0. The molecule has 33 heavy (non-hydrogen) atoms. The van der Waals surface area contributed by atoms with Crippen molar-refractivity contribution in [2.75, 3.05) is 26.2 Å². The first-order chi connectivity index (χ1) is 15.8. The number of benzene rings is 1. The number of pyridine rings is 1. The molecule has 13 heteroatoms. The number of aryl methyl sites for hydroxylation is 2. The van der Waals surface area contributed by atoms with Crippen molar-refractivity contribution >= 4 is 22.2 Å². The van der Waals surface area contributed by atoms with Crippen LogP contribution in [0.15, 0.2) is 47.8 Å². The lowest BCUT2D eigenvalue weighted by Gasteiger charge is -2.33. The molecule has 2 aromatic heterocycles. The lowest BCUT2D eigenvalue weighted by atomic mass is 10.3. The van der Waals surface area contributed by atoms with Gasteiger partial charge in [-0.05, 0) is 36.5 Å². The van der Waals surface area contributed by atoms with E-state index >= 15 is 0 Å².